The fourth-order valence-electron chi connectivity index (χ4n) is 8.39. The molecule has 6 heteroatoms. The summed E-state index contributed by atoms with van der Waals surface area (Å²) in [6.45, 7) is 9.04. The zero-order valence-corrected chi connectivity index (χ0v) is 41.6. The number of hydrogen-bond acceptors (Lipinski definition) is 6. The van der Waals surface area contributed by atoms with Crippen molar-refractivity contribution in [2.24, 2.45) is 5.92 Å². The summed E-state index contributed by atoms with van der Waals surface area (Å²) in [5, 5.41) is 0. The van der Waals surface area contributed by atoms with E-state index in [0.29, 0.717) is 19.3 Å². The highest BCUT2D eigenvalue weighted by Gasteiger charge is 2.19. The number of carbonyl (C=O) groups is 3. The molecule has 0 radical (unpaired) electrons. The smallest absolute Gasteiger partial charge is 0.306 e. The van der Waals surface area contributed by atoms with E-state index in [1.165, 1.54) is 205 Å². The zero-order chi connectivity index (χ0) is 44.5. The van der Waals surface area contributed by atoms with Crippen LogP contribution in [0.25, 0.3) is 0 Å². The number of carbonyl (C=O) groups excluding carboxylic acids is 3. The van der Waals surface area contributed by atoms with Gasteiger partial charge in [0.05, 0.1) is 0 Å². The monoisotopic (exact) mass is 863 g/mol. The van der Waals surface area contributed by atoms with Gasteiger partial charge in [0.1, 0.15) is 13.2 Å². The first-order chi connectivity index (χ1) is 29.9. The first kappa shape index (κ1) is 59.4. The predicted octanol–water partition coefficient (Wildman–Crippen LogP) is 17.8. The summed E-state index contributed by atoms with van der Waals surface area (Å²) in [4.78, 5) is 38.0. The Labute approximate surface area is 380 Å². The van der Waals surface area contributed by atoms with Crippen LogP contribution in [0.1, 0.15) is 310 Å². The molecule has 0 aliphatic heterocycles. The van der Waals surface area contributed by atoms with Gasteiger partial charge in [-0.05, 0) is 25.2 Å². The van der Waals surface area contributed by atoms with Gasteiger partial charge in [0.25, 0.3) is 0 Å². The lowest BCUT2D eigenvalue weighted by Gasteiger charge is -2.18. The highest BCUT2D eigenvalue weighted by atomic mass is 16.6. The fourth-order valence-corrected chi connectivity index (χ4v) is 8.39. The molecule has 0 aromatic heterocycles. The molecule has 6 nitrogen and oxygen atoms in total. The van der Waals surface area contributed by atoms with Crippen LogP contribution >= 0.6 is 0 Å². The molecular formula is C55H106O6. The van der Waals surface area contributed by atoms with Crippen molar-refractivity contribution >= 4 is 17.9 Å². The van der Waals surface area contributed by atoms with Crippen molar-refractivity contribution in [1.29, 1.82) is 0 Å². The normalized spacial score (nSPS) is 12.0. The maximum absolute atomic E-state index is 12.8. The van der Waals surface area contributed by atoms with Gasteiger partial charge in [-0.3, -0.25) is 14.4 Å². The van der Waals surface area contributed by atoms with E-state index < -0.39 is 6.10 Å². The van der Waals surface area contributed by atoms with Gasteiger partial charge < -0.3 is 14.2 Å². The van der Waals surface area contributed by atoms with Crippen LogP contribution in [0.3, 0.4) is 0 Å². The van der Waals surface area contributed by atoms with Gasteiger partial charge in [-0.25, -0.2) is 0 Å². The third-order valence-electron chi connectivity index (χ3n) is 12.5. The third kappa shape index (κ3) is 49.3. The van der Waals surface area contributed by atoms with E-state index in [9.17, 15) is 14.4 Å². The number of esters is 3. The Bertz CT molecular complexity index is 918. The molecule has 0 heterocycles. The summed E-state index contributed by atoms with van der Waals surface area (Å²) < 4.78 is 16.8. The van der Waals surface area contributed by atoms with Crippen LogP contribution in [0.15, 0.2) is 0 Å². The largest absolute Gasteiger partial charge is 0.462 e. The van der Waals surface area contributed by atoms with E-state index >= 15 is 0 Å². The number of hydrogen-bond donors (Lipinski definition) is 0. The van der Waals surface area contributed by atoms with Gasteiger partial charge in [-0.15, -0.1) is 0 Å². The molecule has 0 aliphatic carbocycles. The van der Waals surface area contributed by atoms with Crippen LogP contribution in [0.2, 0.25) is 0 Å². The van der Waals surface area contributed by atoms with E-state index in [1.807, 2.05) is 0 Å². The summed E-state index contributed by atoms with van der Waals surface area (Å²) in [6.07, 6.45) is 52.3. The molecule has 0 N–H and O–H groups in total. The fraction of sp³-hybridized carbons (Fsp3) is 0.945. The van der Waals surface area contributed by atoms with E-state index in [0.717, 1.165) is 63.7 Å². The Kier molecular flexibility index (Phi) is 48.1. The minimum Gasteiger partial charge on any atom is -0.462 e. The Morgan fingerprint density at radius 1 is 0.311 bits per heavy atom. The molecule has 0 rings (SSSR count). The maximum atomic E-state index is 12.8. The average Bonchev–Trinajstić information content (AvgIpc) is 3.24. The summed E-state index contributed by atoms with van der Waals surface area (Å²) in [5.41, 5.74) is 0. The lowest BCUT2D eigenvalue weighted by atomic mass is 10.0. The number of rotatable bonds is 50. The molecular weight excluding hydrogens is 757 g/mol. The van der Waals surface area contributed by atoms with Crippen LogP contribution < -0.4 is 0 Å². The zero-order valence-electron chi connectivity index (χ0n) is 41.6. The minimum atomic E-state index is -0.760. The molecule has 0 aromatic rings. The molecule has 0 bridgehead atoms. The standard InChI is InChI=1S/C55H106O6/c1-5-7-9-11-13-15-17-18-24-28-32-36-40-44-48-55(58)61-52(49-59-53(56)46-42-38-34-30-16-14-12-10-8-6-2)50-60-54(57)47-43-39-35-31-27-25-22-20-19-21-23-26-29-33-37-41-45-51(3)4/h51-52H,5-50H2,1-4H3/t52-/m0/s1. The van der Waals surface area contributed by atoms with E-state index in [2.05, 4.69) is 27.7 Å². The molecule has 0 saturated heterocycles. The summed E-state index contributed by atoms with van der Waals surface area (Å²) in [7, 11) is 0. The second-order valence-corrected chi connectivity index (χ2v) is 19.3. The Morgan fingerprint density at radius 2 is 0.541 bits per heavy atom. The first-order valence-electron chi connectivity index (χ1n) is 27.4. The van der Waals surface area contributed by atoms with E-state index in [1.54, 1.807) is 0 Å². The quantitative estimate of drug-likeness (QED) is 0.0344. The highest BCUT2D eigenvalue weighted by Crippen LogP contribution is 2.17. The Hall–Kier alpha value is -1.59. The van der Waals surface area contributed by atoms with Crippen molar-refractivity contribution in [3.8, 4) is 0 Å². The first-order valence-corrected chi connectivity index (χ1v) is 27.4. The second kappa shape index (κ2) is 49.4. The van der Waals surface area contributed by atoms with Crippen molar-refractivity contribution in [2.45, 2.75) is 316 Å². The van der Waals surface area contributed by atoms with Gasteiger partial charge in [0.2, 0.25) is 0 Å². The second-order valence-electron chi connectivity index (χ2n) is 19.3. The lowest BCUT2D eigenvalue weighted by Crippen LogP contribution is -2.30. The van der Waals surface area contributed by atoms with E-state index in [4.69, 9.17) is 14.2 Å². The molecule has 0 aromatic carbocycles. The molecule has 0 amide bonds. The van der Waals surface area contributed by atoms with Crippen LogP contribution in [0.5, 0.6) is 0 Å². The molecule has 0 saturated carbocycles. The van der Waals surface area contributed by atoms with Crippen molar-refractivity contribution in [3.63, 3.8) is 0 Å². The molecule has 0 unspecified atom stereocenters. The Balaban J connectivity index is 4.23. The van der Waals surface area contributed by atoms with Crippen molar-refractivity contribution in [3.05, 3.63) is 0 Å². The van der Waals surface area contributed by atoms with Crippen LogP contribution in [0.4, 0.5) is 0 Å². The van der Waals surface area contributed by atoms with Crippen molar-refractivity contribution in [2.75, 3.05) is 13.2 Å². The van der Waals surface area contributed by atoms with Gasteiger partial charge in [-0.2, -0.15) is 0 Å². The highest BCUT2D eigenvalue weighted by molar-refractivity contribution is 5.71. The van der Waals surface area contributed by atoms with Crippen molar-refractivity contribution < 1.29 is 28.6 Å². The number of unbranched alkanes of at least 4 members (excludes halogenated alkanes) is 37. The predicted molar refractivity (Wildman–Crippen MR) is 261 cm³/mol. The minimum absolute atomic E-state index is 0.0622. The molecule has 0 aliphatic rings. The van der Waals surface area contributed by atoms with Gasteiger partial charge in [0.15, 0.2) is 6.10 Å². The van der Waals surface area contributed by atoms with Crippen LogP contribution in [-0.2, 0) is 28.6 Å². The van der Waals surface area contributed by atoms with E-state index in [-0.39, 0.29) is 31.1 Å². The van der Waals surface area contributed by atoms with Crippen LogP contribution in [0, 0.1) is 5.92 Å². The van der Waals surface area contributed by atoms with Gasteiger partial charge in [-0.1, -0.05) is 272 Å². The number of ether oxygens (including phenoxy) is 3. The average molecular weight is 863 g/mol. The third-order valence-corrected chi connectivity index (χ3v) is 12.5. The lowest BCUT2D eigenvalue weighted by molar-refractivity contribution is -0.167. The molecule has 0 spiro atoms. The van der Waals surface area contributed by atoms with Gasteiger partial charge in [0, 0.05) is 19.3 Å². The Morgan fingerprint density at radius 3 is 0.803 bits per heavy atom. The summed E-state index contributed by atoms with van der Waals surface area (Å²) in [6, 6.07) is 0. The van der Waals surface area contributed by atoms with Crippen molar-refractivity contribution in [1.82, 2.24) is 0 Å². The molecule has 1 atom stereocenters. The SMILES string of the molecule is CCCCCCCCCCCCCCCCC(=O)O[C@@H](COC(=O)CCCCCCCCCCCC)COC(=O)CCCCCCCCCCCCCCCCCCC(C)C. The van der Waals surface area contributed by atoms with Gasteiger partial charge >= 0.3 is 17.9 Å². The molecule has 0 fully saturated rings. The maximum Gasteiger partial charge on any atom is 0.306 e. The molecule has 61 heavy (non-hydrogen) atoms. The summed E-state index contributed by atoms with van der Waals surface area (Å²) in [5.74, 6) is 0.0118. The van der Waals surface area contributed by atoms with Crippen LogP contribution in [-0.4, -0.2) is 37.2 Å². The molecule has 362 valence electrons. The topological polar surface area (TPSA) is 78.9 Å². The summed E-state index contributed by atoms with van der Waals surface area (Å²) >= 11 is 0.